The van der Waals surface area contributed by atoms with E-state index in [1.54, 1.807) is 0 Å². The first kappa shape index (κ1) is 17.0. The van der Waals surface area contributed by atoms with Gasteiger partial charge in [0, 0.05) is 12.5 Å². The minimum atomic E-state index is -0.331. The van der Waals surface area contributed by atoms with Gasteiger partial charge in [0.1, 0.15) is 0 Å². The van der Waals surface area contributed by atoms with Crippen molar-refractivity contribution in [3.8, 4) is 0 Å². The van der Waals surface area contributed by atoms with Crippen LogP contribution in [0.5, 0.6) is 0 Å². The maximum Gasteiger partial charge on any atom is 0.224 e. The lowest BCUT2D eigenvalue weighted by molar-refractivity contribution is -0.135. The fraction of sp³-hybridized carbons (Fsp3) is 0.875. The van der Waals surface area contributed by atoms with Gasteiger partial charge in [0.2, 0.25) is 11.8 Å². The Morgan fingerprint density at radius 2 is 1.85 bits per heavy atom. The van der Waals surface area contributed by atoms with Gasteiger partial charge in [-0.05, 0) is 31.6 Å². The monoisotopic (exact) mass is 282 g/mol. The SMILES string of the molecule is CCNC(=O)C(C(C)C)[C@H](CCC1CCCC1)C(N)=O. The first-order chi connectivity index (χ1) is 9.47. The zero-order valence-electron chi connectivity index (χ0n) is 13.2. The molecular weight excluding hydrogens is 252 g/mol. The van der Waals surface area contributed by atoms with Gasteiger partial charge in [-0.3, -0.25) is 9.59 Å². The Bertz CT molecular complexity index is 322. The van der Waals surface area contributed by atoms with Crippen LogP contribution in [-0.2, 0) is 9.59 Å². The molecule has 1 aliphatic carbocycles. The largest absolute Gasteiger partial charge is 0.369 e. The van der Waals surface area contributed by atoms with E-state index in [1.807, 2.05) is 20.8 Å². The van der Waals surface area contributed by atoms with Crippen molar-refractivity contribution in [3.05, 3.63) is 0 Å². The molecule has 0 aromatic carbocycles. The molecule has 0 saturated heterocycles. The van der Waals surface area contributed by atoms with Gasteiger partial charge in [0.15, 0.2) is 0 Å². The lowest BCUT2D eigenvalue weighted by atomic mass is 9.78. The van der Waals surface area contributed by atoms with Crippen LogP contribution in [0.2, 0.25) is 0 Å². The predicted molar refractivity (Wildman–Crippen MR) is 80.9 cm³/mol. The molecule has 0 spiro atoms. The average Bonchev–Trinajstić information content (AvgIpc) is 2.86. The lowest BCUT2D eigenvalue weighted by Gasteiger charge is -2.27. The summed E-state index contributed by atoms with van der Waals surface area (Å²) in [5.74, 6) is -0.136. The molecule has 3 N–H and O–H groups in total. The zero-order valence-corrected chi connectivity index (χ0v) is 13.2. The summed E-state index contributed by atoms with van der Waals surface area (Å²) in [6.45, 7) is 6.47. The molecule has 4 nitrogen and oxygen atoms in total. The second-order valence-electron chi connectivity index (χ2n) is 6.40. The molecule has 4 heteroatoms. The number of hydrogen-bond donors (Lipinski definition) is 2. The topological polar surface area (TPSA) is 72.2 Å². The van der Waals surface area contributed by atoms with Crippen molar-refractivity contribution in [2.45, 2.75) is 59.3 Å². The maximum absolute atomic E-state index is 12.2. The van der Waals surface area contributed by atoms with Crippen molar-refractivity contribution in [1.29, 1.82) is 0 Å². The van der Waals surface area contributed by atoms with Crippen LogP contribution in [0.25, 0.3) is 0 Å². The molecule has 0 heterocycles. The standard InChI is InChI=1S/C16H30N2O2/c1-4-18-16(20)14(11(2)3)13(15(17)19)10-9-12-7-5-6-8-12/h11-14H,4-10H2,1-3H3,(H2,17,19)(H,18,20)/t13-,14?/m0/s1. The summed E-state index contributed by atoms with van der Waals surface area (Å²) >= 11 is 0. The molecule has 1 saturated carbocycles. The molecule has 0 bridgehead atoms. The molecule has 116 valence electrons. The highest BCUT2D eigenvalue weighted by atomic mass is 16.2. The van der Waals surface area contributed by atoms with Crippen LogP contribution >= 0.6 is 0 Å². The fourth-order valence-electron chi connectivity index (χ4n) is 3.46. The maximum atomic E-state index is 12.2. The number of nitrogens with two attached hydrogens (primary N) is 1. The summed E-state index contributed by atoms with van der Waals surface area (Å²) in [5, 5.41) is 2.84. The molecule has 20 heavy (non-hydrogen) atoms. The third-order valence-corrected chi connectivity index (χ3v) is 4.53. The zero-order chi connectivity index (χ0) is 15.1. The van der Waals surface area contributed by atoms with E-state index < -0.39 is 0 Å². The molecule has 1 unspecified atom stereocenters. The molecule has 0 radical (unpaired) electrons. The first-order valence-electron chi connectivity index (χ1n) is 8.04. The average molecular weight is 282 g/mol. The third kappa shape index (κ3) is 4.80. The van der Waals surface area contributed by atoms with E-state index in [9.17, 15) is 9.59 Å². The molecule has 0 aliphatic heterocycles. The normalized spacial score (nSPS) is 19.0. The van der Waals surface area contributed by atoms with E-state index >= 15 is 0 Å². The Kier molecular flexibility index (Phi) is 7.03. The van der Waals surface area contributed by atoms with Crippen molar-refractivity contribution in [2.24, 2.45) is 29.4 Å². The van der Waals surface area contributed by atoms with Crippen molar-refractivity contribution in [1.82, 2.24) is 5.32 Å². The van der Waals surface area contributed by atoms with Gasteiger partial charge in [-0.15, -0.1) is 0 Å². The van der Waals surface area contributed by atoms with E-state index in [1.165, 1.54) is 25.7 Å². The number of nitrogens with one attached hydrogen (secondary N) is 1. The smallest absolute Gasteiger partial charge is 0.224 e. The molecule has 1 rings (SSSR count). The molecule has 2 atom stereocenters. The van der Waals surface area contributed by atoms with Crippen molar-refractivity contribution in [2.75, 3.05) is 6.54 Å². The number of carbonyl (C=O) groups excluding carboxylic acids is 2. The van der Waals surface area contributed by atoms with Gasteiger partial charge in [0.05, 0.1) is 5.92 Å². The summed E-state index contributed by atoms with van der Waals surface area (Å²) in [5.41, 5.74) is 5.58. The van der Waals surface area contributed by atoms with Gasteiger partial charge >= 0.3 is 0 Å². The molecule has 2 amide bonds. The van der Waals surface area contributed by atoms with E-state index in [0.29, 0.717) is 6.54 Å². The third-order valence-electron chi connectivity index (χ3n) is 4.53. The Labute approximate surface area is 122 Å². The van der Waals surface area contributed by atoms with Crippen LogP contribution < -0.4 is 11.1 Å². The second kappa shape index (κ2) is 8.28. The summed E-state index contributed by atoms with van der Waals surface area (Å²) in [6, 6.07) is 0. The second-order valence-corrected chi connectivity index (χ2v) is 6.40. The van der Waals surface area contributed by atoms with Gasteiger partial charge in [-0.25, -0.2) is 0 Å². The minimum Gasteiger partial charge on any atom is -0.369 e. The number of carbonyl (C=O) groups is 2. The predicted octanol–water partition coefficient (Wildman–Crippen LogP) is 2.47. The Balaban J connectivity index is 2.68. The summed E-state index contributed by atoms with van der Waals surface area (Å²) < 4.78 is 0. The van der Waals surface area contributed by atoms with Gasteiger partial charge < -0.3 is 11.1 Å². The number of hydrogen-bond acceptors (Lipinski definition) is 2. The van der Waals surface area contributed by atoms with Crippen molar-refractivity contribution in [3.63, 3.8) is 0 Å². The van der Waals surface area contributed by atoms with Crippen molar-refractivity contribution < 1.29 is 9.59 Å². The van der Waals surface area contributed by atoms with Crippen LogP contribution in [0.3, 0.4) is 0 Å². The van der Waals surface area contributed by atoms with Gasteiger partial charge in [-0.1, -0.05) is 39.5 Å². The first-order valence-corrected chi connectivity index (χ1v) is 8.04. The van der Waals surface area contributed by atoms with Gasteiger partial charge in [-0.2, -0.15) is 0 Å². The number of amides is 2. The highest BCUT2D eigenvalue weighted by Crippen LogP contribution is 2.33. The Morgan fingerprint density at radius 3 is 2.30 bits per heavy atom. The van der Waals surface area contributed by atoms with E-state index in [-0.39, 0.29) is 29.6 Å². The summed E-state index contributed by atoms with van der Waals surface area (Å²) in [6.07, 6.45) is 6.90. The van der Waals surface area contributed by atoms with E-state index in [0.717, 1.165) is 18.8 Å². The minimum absolute atomic E-state index is 0.0299. The van der Waals surface area contributed by atoms with Crippen LogP contribution in [0, 0.1) is 23.7 Å². The highest BCUT2D eigenvalue weighted by molar-refractivity contribution is 5.87. The molecule has 1 aliphatic rings. The quantitative estimate of drug-likeness (QED) is 0.718. The van der Waals surface area contributed by atoms with E-state index in [4.69, 9.17) is 5.73 Å². The van der Waals surface area contributed by atoms with Crippen LogP contribution in [0.4, 0.5) is 0 Å². The van der Waals surface area contributed by atoms with Crippen LogP contribution in [0.15, 0.2) is 0 Å². The summed E-state index contributed by atoms with van der Waals surface area (Å²) in [4.78, 5) is 24.0. The highest BCUT2D eigenvalue weighted by Gasteiger charge is 2.34. The lowest BCUT2D eigenvalue weighted by Crippen LogP contribution is -2.43. The Hall–Kier alpha value is -1.06. The van der Waals surface area contributed by atoms with Crippen molar-refractivity contribution >= 4 is 11.8 Å². The number of rotatable bonds is 8. The number of primary amides is 1. The van der Waals surface area contributed by atoms with Crippen LogP contribution in [-0.4, -0.2) is 18.4 Å². The molecule has 0 aromatic rings. The molecule has 0 aromatic heterocycles. The molecular formula is C16H30N2O2. The Morgan fingerprint density at radius 1 is 1.25 bits per heavy atom. The summed E-state index contributed by atoms with van der Waals surface area (Å²) in [7, 11) is 0. The van der Waals surface area contributed by atoms with Gasteiger partial charge in [0.25, 0.3) is 0 Å². The van der Waals surface area contributed by atoms with Crippen LogP contribution in [0.1, 0.15) is 59.3 Å². The fourth-order valence-corrected chi connectivity index (χ4v) is 3.46. The molecule has 1 fully saturated rings. The van der Waals surface area contributed by atoms with E-state index in [2.05, 4.69) is 5.32 Å².